The van der Waals surface area contributed by atoms with Gasteiger partial charge in [0.1, 0.15) is 5.75 Å². The summed E-state index contributed by atoms with van der Waals surface area (Å²) in [5, 5.41) is 0. The maximum absolute atomic E-state index is 12.4. The highest BCUT2D eigenvalue weighted by Crippen LogP contribution is 2.27. The number of hydrogen-bond donors (Lipinski definition) is 1. The molecule has 0 unspecified atom stereocenters. The van der Waals surface area contributed by atoms with Crippen LogP contribution in [0.4, 0.5) is 13.2 Å². The molecule has 0 aliphatic carbocycles. The van der Waals surface area contributed by atoms with Crippen LogP contribution in [0, 0.1) is 0 Å². The first-order valence-corrected chi connectivity index (χ1v) is 6.54. The predicted octanol–water partition coefficient (Wildman–Crippen LogP) is 2.55. The number of nitrogens with one attached hydrogen (secondary N) is 1. The summed E-state index contributed by atoms with van der Waals surface area (Å²) < 4.78 is 41.1. The van der Waals surface area contributed by atoms with Crippen molar-refractivity contribution in [3.05, 3.63) is 64.1 Å². The number of carbonyl (C=O) groups excluding carboxylic acids is 1. The average Bonchev–Trinajstić information content (AvgIpc) is 2.48. The van der Waals surface area contributed by atoms with Crippen LogP contribution in [0.2, 0.25) is 0 Å². The second kappa shape index (κ2) is 6.55. The number of benzene rings is 1. The number of H-pyrrole nitrogens is 1. The van der Waals surface area contributed by atoms with Gasteiger partial charge < -0.3 is 14.6 Å². The molecule has 0 aliphatic heterocycles. The maximum atomic E-state index is 12.4. The number of ether oxygens (including phenoxy) is 1. The average molecular weight is 326 g/mol. The highest BCUT2D eigenvalue weighted by Gasteiger charge is 2.32. The highest BCUT2D eigenvalue weighted by molar-refractivity contribution is 5.93. The van der Waals surface area contributed by atoms with Gasteiger partial charge in [0.15, 0.2) is 0 Å². The van der Waals surface area contributed by atoms with E-state index in [1.54, 1.807) is 6.07 Å². The molecule has 0 saturated heterocycles. The lowest BCUT2D eigenvalue weighted by molar-refractivity contribution is -0.274. The first kappa shape index (κ1) is 16.6. The van der Waals surface area contributed by atoms with Gasteiger partial charge >= 0.3 is 6.36 Å². The van der Waals surface area contributed by atoms with Crippen molar-refractivity contribution in [2.45, 2.75) is 12.9 Å². The number of amides is 1. The van der Waals surface area contributed by atoms with Crippen molar-refractivity contribution in [1.29, 1.82) is 0 Å². The zero-order valence-electron chi connectivity index (χ0n) is 12.1. The Morgan fingerprint density at radius 1 is 1.22 bits per heavy atom. The third-order valence-corrected chi connectivity index (χ3v) is 2.98. The van der Waals surface area contributed by atoms with Crippen molar-refractivity contribution in [3.63, 3.8) is 0 Å². The van der Waals surface area contributed by atoms with Gasteiger partial charge in [0.25, 0.3) is 5.91 Å². The maximum Gasteiger partial charge on any atom is 0.573 e. The number of alkyl halides is 3. The van der Waals surface area contributed by atoms with Crippen molar-refractivity contribution < 1.29 is 22.7 Å². The fourth-order valence-electron chi connectivity index (χ4n) is 1.95. The van der Waals surface area contributed by atoms with Crippen LogP contribution in [-0.4, -0.2) is 29.2 Å². The van der Waals surface area contributed by atoms with Crippen LogP contribution in [0.1, 0.15) is 15.9 Å². The van der Waals surface area contributed by atoms with Crippen LogP contribution < -0.4 is 10.3 Å². The topological polar surface area (TPSA) is 62.4 Å². The quantitative estimate of drug-likeness (QED) is 0.939. The summed E-state index contributed by atoms with van der Waals surface area (Å²) in [5.41, 5.74) is 0.0829. The summed E-state index contributed by atoms with van der Waals surface area (Å²) in [5.74, 6) is -0.802. The number of aromatic amines is 1. The Labute approximate surface area is 129 Å². The number of hydrogen-bond acceptors (Lipinski definition) is 3. The third kappa shape index (κ3) is 4.60. The van der Waals surface area contributed by atoms with E-state index in [-0.39, 0.29) is 29.0 Å². The normalized spacial score (nSPS) is 11.1. The molecule has 23 heavy (non-hydrogen) atoms. The Morgan fingerprint density at radius 2 is 1.91 bits per heavy atom. The van der Waals surface area contributed by atoms with E-state index >= 15 is 0 Å². The Bertz CT molecular complexity index is 736. The summed E-state index contributed by atoms with van der Waals surface area (Å²) in [6.07, 6.45) is -3.56. The van der Waals surface area contributed by atoms with E-state index in [1.165, 1.54) is 48.5 Å². The molecule has 1 aromatic heterocycles. The second-order valence-corrected chi connectivity index (χ2v) is 4.76. The van der Waals surface area contributed by atoms with Crippen LogP contribution in [0.5, 0.6) is 5.75 Å². The molecule has 1 amide bonds. The molecule has 0 bridgehead atoms. The fraction of sp³-hybridized carbons (Fsp3) is 0.200. The van der Waals surface area contributed by atoms with Crippen LogP contribution >= 0.6 is 0 Å². The summed E-state index contributed by atoms with van der Waals surface area (Å²) >= 11 is 0. The standard InChI is InChI=1S/C15H13F3N2O3/c1-20(14(22)10-6-7-13(21)19-8-10)9-11-4-2-3-5-12(11)23-15(16,17)18/h2-8H,9H2,1H3,(H,19,21). The zero-order chi connectivity index (χ0) is 17.0. The number of halogens is 3. The molecule has 0 saturated carbocycles. The molecule has 122 valence electrons. The second-order valence-electron chi connectivity index (χ2n) is 4.76. The van der Waals surface area contributed by atoms with Gasteiger partial charge in [-0.05, 0) is 12.1 Å². The van der Waals surface area contributed by atoms with Crippen molar-refractivity contribution in [3.8, 4) is 5.75 Å². The Hall–Kier alpha value is -2.77. The van der Waals surface area contributed by atoms with E-state index in [0.717, 1.165) is 0 Å². The number of rotatable bonds is 4. The fourth-order valence-corrected chi connectivity index (χ4v) is 1.95. The lowest BCUT2D eigenvalue weighted by Gasteiger charge is -2.19. The Morgan fingerprint density at radius 3 is 2.52 bits per heavy atom. The molecule has 5 nitrogen and oxygen atoms in total. The van der Waals surface area contributed by atoms with E-state index in [2.05, 4.69) is 9.72 Å². The van der Waals surface area contributed by atoms with E-state index < -0.39 is 12.3 Å². The summed E-state index contributed by atoms with van der Waals surface area (Å²) in [6, 6.07) is 8.13. The van der Waals surface area contributed by atoms with Gasteiger partial charge in [0, 0.05) is 31.4 Å². The molecule has 0 spiro atoms. The van der Waals surface area contributed by atoms with Crippen LogP contribution in [-0.2, 0) is 6.54 Å². The molecule has 0 atom stereocenters. The van der Waals surface area contributed by atoms with Crippen LogP contribution in [0.15, 0.2) is 47.4 Å². The molecule has 0 fully saturated rings. The lowest BCUT2D eigenvalue weighted by atomic mass is 10.1. The predicted molar refractivity (Wildman–Crippen MR) is 76.0 cm³/mol. The monoisotopic (exact) mass is 326 g/mol. The molecule has 0 radical (unpaired) electrons. The molecule has 2 rings (SSSR count). The Kier molecular flexibility index (Phi) is 4.73. The SMILES string of the molecule is CN(Cc1ccccc1OC(F)(F)F)C(=O)c1ccc(=O)[nH]c1. The number of para-hydroxylation sites is 1. The minimum absolute atomic E-state index is 0.0792. The molecule has 8 heteroatoms. The van der Waals surface area contributed by atoms with Gasteiger partial charge in [-0.15, -0.1) is 13.2 Å². The van der Waals surface area contributed by atoms with Gasteiger partial charge in [-0.3, -0.25) is 9.59 Å². The van der Waals surface area contributed by atoms with Crippen molar-refractivity contribution in [1.82, 2.24) is 9.88 Å². The van der Waals surface area contributed by atoms with Gasteiger partial charge in [-0.2, -0.15) is 0 Å². The smallest absolute Gasteiger partial charge is 0.405 e. The van der Waals surface area contributed by atoms with E-state index in [0.29, 0.717) is 0 Å². The lowest BCUT2D eigenvalue weighted by Crippen LogP contribution is -2.27. The van der Waals surface area contributed by atoms with E-state index in [1.807, 2.05) is 0 Å². The van der Waals surface area contributed by atoms with Gasteiger partial charge in [0.2, 0.25) is 5.56 Å². The van der Waals surface area contributed by atoms with Crippen LogP contribution in [0.25, 0.3) is 0 Å². The van der Waals surface area contributed by atoms with Gasteiger partial charge in [-0.25, -0.2) is 0 Å². The number of carbonyl (C=O) groups is 1. The summed E-state index contributed by atoms with van der Waals surface area (Å²) in [4.78, 5) is 26.8. The van der Waals surface area contributed by atoms with Crippen molar-refractivity contribution in [2.75, 3.05) is 7.05 Å². The largest absolute Gasteiger partial charge is 0.573 e. The summed E-state index contributed by atoms with van der Waals surface area (Å²) in [6.45, 7) is -0.0792. The van der Waals surface area contributed by atoms with Crippen LogP contribution in [0.3, 0.4) is 0 Å². The number of aromatic nitrogens is 1. The molecular weight excluding hydrogens is 313 g/mol. The molecule has 2 aromatic rings. The number of pyridine rings is 1. The molecule has 1 aromatic carbocycles. The first-order chi connectivity index (χ1) is 10.8. The third-order valence-electron chi connectivity index (χ3n) is 2.98. The molecule has 1 N–H and O–H groups in total. The first-order valence-electron chi connectivity index (χ1n) is 6.54. The van der Waals surface area contributed by atoms with E-state index in [9.17, 15) is 22.8 Å². The summed E-state index contributed by atoms with van der Waals surface area (Å²) in [7, 11) is 1.44. The highest BCUT2D eigenvalue weighted by atomic mass is 19.4. The minimum atomic E-state index is -4.81. The molecular formula is C15H13F3N2O3. The van der Waals surface area contributed by atoms with E-state index in [4.69, 9.17) is 0 Å². The molecule has 0 aliphatic rings. The van der Waals surface area contributed by atoms with Crippen molar-refractivity contribution in [2.24, 2.45) is 0 Å². The number of nitrogens with zero attached hydrogens (tertiary/aromatic N) is 1. The van der Waals surface area contributed by atoms with Crippen molar-refractivity contribution >= 4 is 5.91 Å². The zero-order valence-corrected chi connectivity index (χ0v) is 12.1. The molecule has 1 heterocycles. The Balaban J connectivity index is 2.17. The van der Waals surface area contributed by atoms with Gasteiger partial charge in [0.05, 0.1) is 5.56 Å². The van der Waals surface area contributed by atoms with Gasteiger partial charge in [-0.1, -0.05) is 18.2 Å². The minimum Gasteiger partial charge on any atom is -0.405 e.